The highest BCUT2D eigenvalue weighted by Crippen LogP contribution is 2.22. The SMILES string of the molecule is CCC[C@H](N)C(=O)NC(C)(C)c1ccc(Br)cc1. The molecule has 1 atom stereocenters. The first kappa shape index (κ1) is 15.2. The van der Waals surface area contributed by atoms with E-state index < -0.39 is 11.6 Å². The molecule has 0 bridgehead atoms. The maximum Gasteiger partial charge on any atom is 0.237 e. The molecule has 1 aromatic rings. The number of nitrogens with one attached hydrogen (secondary N) is 1. The molecule has 1 amide bonds. The molecule has 0 unspecified atom stereocenters. The zero-order valence-corrected chi connectivity index (χ0v) is 12.8. The van der Waals surface area contributed by atoms with Gasteiger partial charge in [0.05, 0.1) is 11.6 Å². The summed E-state index contributed by atoms with van der Waals surface area (Å²) in [5.41, 5.74) is 6.46. The van der Waals surface area contributed by atoms with Crippen molar-refractivity contribution in [2.24, 2.45) is 5.73 Å². The van der Waals surface area contributed by atoms with Gasteiger partial charge in [0.25, 0.3) is 0 Å². The van der Waals surface area contributed by atoms with Crippen LogP contribution in [0.2, 0.25) is 0 Å². The monoisotopic (exact) mass is 312 g/mol. The largest absolute Gasteiger partial charge is 0.346 e. The summed E-state index contributed by atoms with van der Waals surface area (Å²) in [4.78, 5) is 11.9. The van der Waals surface area contributed by atoms with E-state index in [0.29, 0.717) is 6.42 Å². The van der Waals surface area contributed by atoms with Crippen LogP contribution in [0.15, 0.2) is 28.7 Å². The van der Waals surface area contributed by atoms with Crippen LogP contribution in [-0.4, -0.2) is 11.9 Å². The van der Waals surface area contributed by atoms with E-state index in [1.807, 2.05) is 45.0 Å². The number of carbonyl (C=O) groups excluding carboxylic acids is 1. The van der Waals surface area contributed by atoms with Gasteiger partial charge in [0.1, 0.15) is 0 Å². The average molecular weight is 313 g/mol. The summed E-state index contributed by atoms with van der Waals surface area (Å²) in [6, 6.07) is 7.50. The molecule has 18 heavy (non-hydrogen) atoms. The molecule has 1 aromatic carbocycles. The quantitative estimate of drug-likeness (QED) is 0.878. The molecule has 0 saturated carbocycles. The Morgan fingerprint density at radius 2 is 1.94 bits per heavy atom. The first-order valence-electron chi connectivity index (χ1n) is 6.20. The number of carbonyl (C=O) groups is 1. The fourth-order valence-electron chi connectivity index (χ4n) is 1.78. The Morgan fingerprint density at radius 1 is 1.39 bits per heavy atom. The molecule has 100 valence electrons. The second-order valence-corrected chi connectivity index (χ2v) is 5.93. The molecule has 0 aliphatic heterocycles. The predicted octanol–water partition coefficient (Wildman–Crippen LogP) is 2.93. The first-order valence-corrected chi connectivity index (χ1v) is 6.99. The lowest BCUT2D eigenvalue weighted by Gasteiger charge is -2.28. The summed E-state index contributed by atoms with van der Waals surface area (Å²) >= 11 is 3.40. The van der Waals surface area contributed by atoms with E-state index in [9.17, 15) is 4.79 Å². The lowest BCUT2D eigenvalue weighted by atomic mass is 9.94. The summed E-state index contributed by atoms with van der Waals surface area (Å²) in [7, 11) is 0. The second kappa shape index (κ2) is 6.34. The van der Waals surface area contributed by atoms with Crippen molar-refractivity contribution in [2.75, 3.05) is 0 Å². The van der Waals surface area contributed by atoms with Gasteiger partial charge in [-0.1, -0.05) is 41.4 Å². The highest BCUT2D eigenvalue weighted by atomic mass is 79.9. The minimum atomic E-state index is -0.426. The van der Waals surface area contributed by atoms with Crippen LogP contribution in [-0.2, 0) is 10.3 Å². The number of nitrogens with two attached hydrogens (primary N) is 1. The molecule has 3 N–H and O–H groups in total. The zero-order valence-electron chi connectivity index (χ0n) is 11.2. The Labute approximate surface area is 117 Å². The molecule has 4 heteroatoms. The Bertz CT molecular complexity index is 401. The Hall–Kier alpha value is -0.870. The molecule has 0 saturated heterocycles. The molecular formula is C14H21BrN2O. The summed E-state index contributed by atoms with van der Waals surface area (Å²) in [6.07, 6.45) is 1.62. The van der Waals surface area contributed by atoms with Crippen molar-refractivity contribution in [3.05, 3.63) is 34.3 Å². The first-order chi connectivity index (χ1) is 8.36. The smallest absolute Gasteiger partial charge is 0.237 e. The summed E-state index contributed by atoms with van der Waals surface area (Å²) in [5, 5.41) is 3.00. The van der Waals surface area contributed by atoms with Crippen LogP contribution in [0.3, 0.4) is 0 Å². The van der Waals surface area contributed by atoms with Gasteiger partial charge in [-0.2, -0.15) is 0 Å². The van der Waals surface area contributed by atoms with E-state index >= 15 is 0 Å². The minimum absolute atomic E-state index is 0.0928. The Kier molecular flexibility index (Phi) is 5.35. The van der Waals surface area contributed by atoms with Gasteiger partial charge >= 0.3 is 0 Å². The van der Waals surface area contributed by atoms with Gasteiger partial charge in [-0.3, -0.25) is 4.79 Å². The molecule has 0 aliphatic rings. The zero-order chi connectivity index (χ0) is 13.8. The van der Waals surface area contributed by atoms with E-state index in [0.717, 1.165) is 16.5 Å². The van der Waals surface area contributed by atoms with E-state index in [1.54, 1.807) is 0 Å². The van der Waals surface area contributed by atoms with Crippen molar-refractivity contribution < 1.29 is 4.79 Å². The fourth-order valence-corrected chi connectivity index (χ4v) is 2.05. The van der Waals surface area contributed by atoms with Crippen LogP contribution >= 0.6 is 15.9 Å². The molecule has 0 radical (unpaired) electrons. The minimum Gasteiger partial charge on any atom is -0.346 e. The van der Waals surface area contributed by atoms with Gasteiger partial charge in [-0.25, -0.2) is 0 Å². The summed E-state index contributed by atoms with van der Waals surface area (Å²) < 4.78 is 1.02. The van der Waals surface area contributed by atoms with E-state index in [2.05, 4.69) is 21.2 Å². The van der Waals surface area contributed by atoms with E-state index in [1.165, 1.54) is 0 Å². The van der Waals surface area contributed by atoms with Gasteiger partial charge in [0.2, 0.25) is 5.91 Å². The average Bonchev–Trinajstić information content (AvgIpc) is 2.29. The number of hydrogen-bond acceptors (Lipinski definition) is 2. The van der Waals surface area contributed by atoms with Crippen molar-refractivity contribution in [3.8, 4) is 0 Å². The highest BCUT2D eigenvalue weighted by molar-refractivity contribution is 9.10. The third-order valence-corrected chi connectivity index (χ3v) is 3.47. The molecule has 1 rings (SSSR count). The van der Waals surface area contributed by atoms with E-state index in [4.69, 9.17) is 5.73 Å². The van der Waals surface area contributed by atoms with E-state index in [-0.39, 0.29) is 5.91 Å². The predicted molar refractivity (Wildman–Crippen MR) is 78.2 cm³/mol. The molecule has 0 aliphatic carbocycles. The Balaban J connectivity index is 2.75. The molecule has 0 fully saturated rings. The van der Waals surface area contributed by atoms with Crippen LogP contribution in [0.5, 0.6) is 0 Å². The third kappa shape index (κ3) is 4.10. The highest BCUT2D eigenvalue weighted by Gasteiger charge is 2.25. The van der Waals surface area contributed by atoms with Gasteiger partial charge < -0.3 is 11.1 Å². The number of rotatable bonds is 5. The fraction of sp³-hybridized carbons (Fsp3) is 0.500. The Morgan fingerprint density at radius 3 is 2.44 bits per heavy atom. The molecule has 0 heterocycles. The molecule has 0 aromatic heterocycles. The lowest BCUT2D eigenvalue weighted by molar-refractivity contribution is -0.124. The standard InChI is InChI=1S/C14H21BrN2O/c1-4-5-12(16)13(18)17-14(2,3)10-6-8-11(15)9-7-10/h6-9,12H,4-5,16H2,1-3H3,(H,17,18)/t12-/m0/s1. The lowest BCUT2D eigenvalue weighted by Crippen LogP contribution is -2.48. The molecular weight excluding hydrogens is 292 g/mol. The van der Waals surface area contributed by atoms with Crippen molar-refractivity contribution in [2.45, 2.75) is 45.2 Å². The molecule has 3 nitrogen and oxygen atoms in total. The van der Waals surface area contributed by atoms with Gasteiger partial charge in [-0.05, 0) is 38.0 Å². The third-order valence-electron chi connectivity index (χ3n) is 2.94. The van der Waals surface area contributed by atoms with Gasteiger partial charge in [0.15, 0.2) is 0 Å². The number of benzene rings is 1. The second-order valence-electron chi connectivity index (χ2n) is 5.02. The number of hydrogen-bond donors (Lipinski definition) is 2. The van der Waals surface area contributed by atoms with Crippen LogP contribution in [0, 0.1) is 0 Å². The maximum atomic E-state index is 11.9. The van der Waals surface area contributed by atoms with Crippen molar-refractivity contribution >= 4 is 21.8 Å². The number of halogens is 1. The van der Waals surface area contributed by atoms with Crippen molar-refractivity contribution in [1.29, 1.82) is 0 Å². The van der Waals surface area contributed by atoms with Gasteiger partial charge in [0, 0.05) is 4.47 Å². The van der Waals surface area contributed by atoms with Crippen molar-refractivity contribution in [1.82, 2.24) is 5.32 Å². The number of amides is 1. The topological polar surface area (TPSA) is 55.1 Å². The van der Waals surface area contributed by atoms with Crippen LogP contribution < -0.4 is 11.1 Å². The van der Waals surface area contributed by atoms with Crippen LogP contribution in [0.25, 0.3) is 0 Å². The summed E-state index contributed by atoms with van der Waals surface area (Å²) in [5.74, 6) is -0.0928. The normalized spacial score (nSPS) is 13.2. The van der Waals surface area contributed by atoms with Crippen LogP contribution in [0.4, 0.5) is 0 Å². The maximum absolute atomic E-state index is 11.9. The van der Waals surface area contributed by atoms with Crippen molar-refractivity contribution in [3.63, 3.8) is 0 Å². The van der Waals surface area contributed by atoms with Gasteiger partial charge in [-0.15, -0.1) is 0 Å². The summed E-state index contributed by atoms with van der Waals surface area (Å²) in [6.45, 7) is 5.98. The van der Waals surface area contributed by atoms with Crippen LogP contribution in [0.1, 0.15) is 39.2 Å². The molecule has 0 spiro atoms.